The molecule has 0 unspecified atom stereocenters. The number of benzene rings is 1. The van der Waals surface area contributed by atoms with Crippen molar-refractivity contribution in [1.82, 2.24) is 44.2 Å². The molecule has 3 heterocycles. The van der Waals surface area contributed by atoms with E-state index in [4.69, 9.17) is 11.6 Å². The van der Waals surface area contributed by atoms with Gasteiger partial charge in [0.25, 0.3) is 11.5 Å². The molecule has 0 radical (unpaired) electrons. The van der Waals surface area contributed by atoms with E-state index in [0.29, 0.717) is 16.4 Å². The average Bonchev–Trinajstić information content (AvgIpc) is 3.46. The van der Waals surface area contributed by atoms with Crippen LogP contribution in [0.4, 0.5) is 0 Å². The number of aliphatic hydroxyl groups is 1. The molecule has 0 spiro atoms. The molecule has 1 aromatic carbocycles. The van der Waals surface area contributed by atoms with Crippen molar-refractivity contribution in [2.75, 3.05) is 0 Å². The van der Waals surface area contributed by atoms with Gasteiger partial charge in [0, 0.05) is 37.7 Å². The molecule has 1 atom stereocenters. The number of amides is 1. The van der Waals surface area contributed by atoms with Crippen molar-refractivity contribution in [2.45, 2.75) is 25.7 Å². The molecular formula is C21H22ClN9O4. The number of aryl methyl sites for hydroxylation is 1. The summed E-state index contributed by atoms with van der Waals surface area (Å²) in [5, 5.41) is 25.6. The molecule has 35 heavy (non-hydrogen) atoms. The Morgan fingerprint density at radius 3 is 2.63 bits per heavy atom. The molecule has 13 nitrogen and oxygen atoms in total. The topological polar surface area (TPSA) is 155 Å². The van der Waals surface area contributed by atoms with Gasteiger partial charge in [-0.1, -0.05) is 23.7 Å². The fraction of sp³-hybridized carbons (Fsp3) is 0.286. The number of carbonyl (C=O) groups excluding carboxylic acids is 1. The number of hydrogen-bond donors (Lipinski definition) is 2. The molecule has 14 heteroatoms. The van der Waals surface area contributed by atoms with Crippen molar-refractivity contribution in [3.05, 3.63) is 91.5 Å². The lowest BCUT2D eigenvalue weighted by Crippen LogP contribution is -2.43. The van der Waals surface area contributed by atoms with Gasteiger partial charge in [-0.3, -0.25) is 18.7 Å². The zero-order valence-corrected chi connectivity index (χ0v) is 19.6. The monoisotopic (exact) mass is 499 g/mol. The predicted molar refractivity (Wildman–Crippen MR) is 124 cm³/mol. The van der Waals surface area contributed by atoms with Crippen LogP contribution in [0.3, 0.4) is 0 Å². The van der Waals surface area contributed by atoms with Gasteiger partial charge < -0.3 is 15.0 Å². The van der Waals surface area contributed by atoms with Crippen LogP contribution in [0.1, 0.15) is 33.7 Å². The summed E-state index contributed by atoms with van der Waals surface area (Å²) < 4.78 is 3.72. The first kappa shape index (κ1) is 24.0. The molecule has 2 N–H and O–H groups in total. The molecule has 0 aliphatic heterocycles. The summed E-state index contributed by atoms with van der Waals surface area (Å²) in [6.07, 6.45) is 3.59. The number of nitrogens with one attached hydrogen (secondary N) is 1. The van der Waals surface area contributed by atoms with Crippen molar-refractivity contribution in [1.29, 1.82) is 0 Å². The summed E-state index contributed by atoms with van der Waals surface area (Å²) >= 11 is 5.87. The highest BCUT2D eigenvalue weighted by atomic mass is 35.5. The summed E-state index contributed by atoms with van der Waals surface area (Å²) in [7, 11) is 3.06. The normalized spacial score (nSPS) is 12.0. The minimum Gasteiger partial charge on any atom is -0.386 e. The number of hydrogen-bond acceptors (Lipinski definition) is 8. The second-order valence-corrected chi connectivity index (χ2v) is 8.22. The van der Waals surface area contributed by atoms with Gasteiger partial charge in [-0.25, -0.2) is 9.78 Å². The third-order valence-corrected chi connectivity index (χ3v) is 5.57. The molecule has 4 aromatic rings. The average molecular weight is 500 g/mol. The van der Waals surface area contributed by atoms with Crippen molar-refractivity contribution < 1.29 is 9.90 Å². The molecule has 182 valence electrons. The van der Waals surface area contributed by atoms with Crippen LogP contribution in [0, 0.1) is 0 Å². The van der Waals surface area contributed by atoms with Gasteiger partial charge in [0.15, 0.2) is 5.82 Å². The lowest BCUT2D eigenvalue weighted by molar-refractivity contribution is 0.0946. The van der Waals surface area contributed by atoms with E-state index in [1.165, 1.54) is 18.0 Å². The number of rotatable bonds is 8. The quantitative estimate of drug-likeness (QED) is 0.333. The smallest absolute Gasteiger partial charge is 0.331 e. The Morgan fingerprint density at radius 2 is 1.94 bits per heavy atom. The first-order valence-corrected chi connectivity index (χ1v) is 10.9. The van der Waals surface area contributed by atoms with Crippen LogP contribution in [-0.2, 0) is 33.7 Å². The van der Waals surface area contributed by atoms with Crippen LogP contribution >= 0.6 is 11.6 Å². The van der Waals surface area contributed by atoms with Crippen LogP contribution in [0.25, 0.3) is 0 Å². The van der Waals surface area contributed by atoms with Crippen LogP contribution in [-0.4, -0.2) is 49.9 Å². The van der Waals surface area contributed by atoms with E-state index in [-0.39, 0.29) is 31.0 Å². The minimum atomic E-state index is -0.899. The van der Waals surface area contributed by atoms with Crippen LogP contribution < -0.4 is 16.6 Å². The van der Waals surface area contributed by atoms with Crippen molar-refractivity contribution >= 4 is 17.5 Å². The summed E-state index contributed by atoms with van der Waals surface area (Å²) in [6.45, 7) is -0.00225. The second-order valence-electron chi connectivity index (χ2n) is 7.78. The highest BCUT2D eigenvalue weighted by Gasteiger charge is 2.18. The van der Waals surface area contributed by atoms with Crippen molar-refractivity contribution in [3.8, 4) is 0 Å². The van der Waals surface area contributed by atoms with E-state index in [0.717, 1.165) is 9.13 Å². The summed E-state index contributed by atoms with van der Waals surface area (Å²) in [5.41, 5.74) is -0.963. The minimum absolute atomic E-state index is 0.0254. The SMILES string of the molecule is Cn1ccnc1CNC(=O)c1cn(Cc2nnn(C[C@H](O)c3ccc(Cl)cc3)n2)c(=O)n(C)c1=O. The van der Waals surface area contributed by atoms with Crippen LogP contribution in [0.5, 0.6) is 0 Å². The van der Waals surface area contributed by atoms with Crippen LogP contribution in [0.2, 0.25) is 5.02 Å². The van der Waals surface area contributed by atoms with Crippen molar-refractivity contribution in [2.24, 2.45) is 14.1 Å². The zero-order chi connectivity index (χ0) is 25.1. The summed E-state index contributed by atoms with van der Waals surface area (Å²) in [6, 6.07) is 6.71. The maximum Gasteiger partial charge on any atom is 0.331 e. The summed E-state index contributed by atoms with van der Waals surface area (Å²) in [4.78, 5) is 43.1. The maximum atomic E-state index is 12.7. The molecule has 0 aliphatic carbocycles. The van der Waals surface area contributed by atoms with E-state index in [1.54, 1.807) is 48.3 Å². The number of halogens is 1. The number of carbonyl (C=O) groups is 1. The van der Waals surface area contributed by atoms with Gasteiger partial charge in [-0.2, -0.15) is 4.80 Å². The first-order chi connectivity index (χ1) is 16.7. The molecule has 3 aromatic heterocycles. The largest absolute Gasteiger partial charge is 0.386 e. The number of nitrogens with zero attached hydrogens (tertiary/aromatic N) is 8. The Hall–Kier alpha value is -4.10. The van der Waals surface area contributed by atoms with Gasteiger partial charge in [0.2, 0.25) is 0 Å². The second kappa shape index (κ2) is 10.0. The number of imidazole rings is 1. The Labute approximate surface area is 203 Å². The molecule has 0 saturated heterocycles. The van der Waals surface area contributed by atoms with Gasteiger partial charge in [0.1, 0.15) is 17.5 Å². The van der Waals surface area contributed by atoms with E-state index >= 15 is 0 Å². The van der Waals surface area contributed by atoms with E-state index < -0.39 is 23.3 Å². The van der Waals surface area contributed by atoms with Gasteiger partial charge in [-0.15, -0.1) is 10.2 Å². The fourth-order valence-electron chi connectivity index (χ4n) is 3.33. The predicted octanol–water partition coefficient (Wildman–Crippen LogP) is -0.368. The Bertz CT molecular complexity index is 1470. The Balaban J connectivity index is 1.50. The van der Waals surface area contributed by atoms with Crippen molar-refractivity contribution in [3.63, 3.8) is 0 Å². The highest BCUT2D eigenvalue weighted by Crippen LogP contribution is 2.17. The fourth-order valence-corrected chi connectivity index (χ4v) is 3.46. The Morgan fingerprint density at radius 1 is 1.20 bits per heavy atom. The third-order valence-electron chi connectivity index (χ3n) is 5.32. The van der Waals surface area contributed by atoms with E-state index in [1.807, 2.05) is 0 Å². The lowest BCUT2D eigenvalue weighted by atomic mass is 10.1. The number of aliphatic hydroxyl groups excluding tert-OH is 1. The third kappa shape index (κ3) is 5.36. The maximum absolute atomic E-state index is 12.7. The van der Waals surface area contributed by atoms with Gasteiger partial charge in [0.05, 0.1) is 19.6 Å². The standard InChI is InChI=1S/C21H22ClN9O4/c1-28-8-7-23-18(28)9-24-19(33)15-10-30(21(35)29(2)20(15)34)12-17-25-27-31(26-17)11-16(32)13-3-5-14(22)6-4-13/h3-8,10,16,32H,9,11-12H2,1-2H3,(H,24,33)/t16-/m0/s1. The molecular weight excluding hydrogens is 478 g/mol. The molecule has 1 amide bonds. The zero-order valence-electron chi connectivity index (χ0n) is 18.9. The molecule has 0 saturated carbocycles. The number of tetrazole rings is 1. The molecule has 0 bridgehead atoms. The van der Waals surface area contributed by atoms with E-state index in [9.17, 15) is 19.5 Å². The summed E-state index contributed by atoms with van der Waals surface area (Å²) in [5.74, 6) is 0.114. The lowest BCUT2D eigenvalue weighted by Gasteiger charge is -2.10. The van der Waals surface area contributed by atoms with Gasteiger partial charge >= 0.3 is 5.69 Å². The highest BCUT2D eigenvalue weighted by molar-refractivity contribution is 6.30. The number of aromatic nitrogens is 8. The molecule has 0 aliphatic rings. The molecule has 4 rings (SSSR count). The molecule has 0 fully saturated rings. The van der Waals surface area contributed by atoms with Crippen LogP contribution in [0.15, 0.2) is 52.4 Å². The van der Waals surface area contributed by atoms with Gasteiger partial charge in [-0.05, 0) is 22.9 Å². The first-order valence-electron chi connectivity index (χ1n) is 10.5. The Kier molecular flexibility index (Phi) is 6.89. The van der Waals surface area contributed by atoms with E-state index in [2.05, 4.69) is 25.7 Å².